The minimum absolute atomic E-state index is 0.187. The van der Waals surface area contributed by atoms with Gasteiger partial charge in [0.15, 0.2) is 0 Å². The minimum Gasteiger partial charge on any atom is -0.287 e. The van der Waals surface area contributed by atoms with E-state index in [1.165, 1.54) is 0 Å². The molecule has 0 saturated heterocycles. The summed E-state index contributed by atoms with van der Waals surface area (Å²) in [5.41, 5.74) is 2.98. The van der Waals surface area contributed by atoms with E-state index < -0.39 is 5.83 Å². The zero-order chi connectivity index (χ0) is 15.1. The molecule has 0 atom stereocenters. The molecule has 0 aliphatic heterocycles. The predicted molar refractivity (Wildman–Crippen MR) is 82.0 cm³/mol. The Hall–Kier alpha value is -2.03. The van der Waals surface area contributed by atoms with Gasteiger partial charge < -0.3 is 0 Å². The highest BCUT2D eigenvalue weighted by molar-refractivity contribution is 6.10. The molecular formula is C17H20FNO. The maximum Gasteiger partial charge on any atom is 0.211 e. The van der Waals surface area contributed by atoms with Crippen LogP contribution in [-0.4, -0.2) is 12.0 Å². The van der Waals surface area contributed by atoms with Crippen LogP contribution in [0.2, 0.25) is 0 Å². The molecule has 1 rings (SSSR count). The number of hydrogen-bond donors (Lipinski definition) is 0. The van der Waals surface area contributed by atoms with Crippen molar-refractivity contribution >= 4 is 12.0 Å². The van der Waals surface area contributed by atoms with Crippen LogP contribution in [0, 0.1) is 6.92 Å². The largest absolute Gasteiger partial charge is 0.287 e. The number of allylic oxidation sites excluding steroid dienone is 3. The molecule has 0 heterocycles. The molecule has 0 radical (unpaired) electrons. The minimum atomic E-state index is -0.671. The van der Waals surface area contributed by atoms with Crippen molar-refractivity contribution in [3.8, 4) is 0 Å². The molecule has 0 aliphatic carbocycles. The van der Waals surface area contributed by atoms with E-state index in [1.54, 1.807) is 13.0 Å². The van der Waals surface area contributed by atoms with Gasteiger partial charge in [0.2, 0.25) is 5.78 Å². The maximum absolute atomic E-state index is 12.6. The Bertz CT molecular complexity index is 570. The predicted octanol–water partition coefficient (Wildman–Crippen LogP) is 4.59. The topological polar surface area (TPSA) is 29.4 Å². The van der Waals surface area contributed by atoms with Crippen LogP contribution in [0.15, 0.2) is 47.4 Å². The van der Waals surface area contributed by atoms with E-state index in [9.17, 15) is 9.18 Å². The fourth-order valence-electron chi connectivity index (χ4n) is 1.96. The second kappa shape index (κ2) is 7.53. The number of Topliss-reactive ketones (excluding diaryl/α,β-unsaturated/α-hetero) is 1. The van der Waals surface area contributed by atoms with Crippen LogP contribution in [0.3, 0.4) is 0 Å². The smallest absolute Gasteiger partial charge is 0.211 e. The molecule has 2 nitrogen and oxygen atoms in total. The van der Waals surface area contributed by atoms with E-state index in [2.05, 4.69) is 18.5 Å². The van der Waals surface area contributed by atoms with Crippen LogP contribution in [-0.2, 0) is 6.42 Å². The lowest BCUT2D eigenvalue weighted by Crippen LogP contribution is -2.06. The van der Waals surface area contributed by atoms with Gasteiger partial charge in [-0.05, 0) is 25.8 Å². The number of aliphatic imine (C=N–C) groups is 1. The van der Waals surface area contributed by atoms with Crippen molar-refractivity contribution in [2.75, 3.05) is 0 Å². The van der Waals surface area contributed by atoms with Gasteiger partial charge in [-0.15, -0.1) is 0 Å². The van der Waals surface area contributed by atoms with Crippen LogP contribution >= 0.6 is 0 Å². The second-order valence-corrected chi connectivity index (χ2v) is 4.62. The van der Waals surface area contributed by atoms with Gasteiger partial charge in [-0.2, -0.15) is 0 Å². The van der Waals surface area contributed by atoms with Crippen molar-refractivity contribution in [1.82, 2.24) is 0 Å². The zero-order valence-electron chi connectivity index (χ0n) is 12.2. The van der Waals surface area contributed by atoms with Crippen molar-refractivity contribution in [2.45, 2.75) is 33.6 Å². The van der Waals surface area contributed by atoms with E-state index in [0.717, 1.165) is 30.2 Å². The molecule has 3 heteroatoms. The van der Waals surface area contributed by atoms with Gasteiger partial charge >= 0.3 is 0 Å². The highest BCUT2D eigenvalue weighted by Gasteiger charge is 2.14. The standard InChI is InChI=1S/C17H20FNO/c1-5-7-14-10-12(3)8-9-15(14)17(20)16(6-2)19-11-13(4)18/h6,8-11H,4-5,7H2,1-3H3/b16-6-,19-11?. The SMILES string of the molecule is C=C(F)C=N/C(=C\C)C(=O)c1ccc(C)cc1CCC. The van der Waals surface area contributed by atoms with Crippen LogP contribution in [0.1, 0.15) is 41.8 Å². The normalized spacial score (nSPS) is 11.9. The Morgan fingerprint density at radius 3 is 2.70 bits per heavy atom. The Kier molecular flexibility index (Phi) is 6.04. The number of benzene rings is 1. The number of aryl methyl sites for hydroxylation is 2. The molecule has 0 aromatic heterocycles. The molecule has 106 valence electrons. The van der Waals surface area contributed by atoms with Gasteiger partial charge in [-0.3, -0.25) is 9.79 Å². The van der Waals surface area contributed by atoms with E-state index in [0.29, 0.717) is 5.56 Å². The van der Waals surface area contributed by atoms with Crippen LogP contribution in [0.25, 0.3) is 0 Å². The summed E-state index contributed by atoms with van der Waals surface area (Å²) >= 11 is 0. The van der Waals surface area contributed by atoms with E-state index in [-0.39, 0.29) is 11.5 Å². The molecule has 1 aromatic carbocycles. The average Bonchev–Trinajstić information content (AvgIpc) is 2.39. The number of hydrogen-bond acceptors (Lipinski definition) is 2. The summed E-state index contributed by atoms with van der Waals surface area (Å²) in [6, 6.07) is 5.73. The molecule has 0 amide bonds. The second-order valence-electron chi connectivity index (χ2n) is 4.62. The quantitative estimate of drug-likeness (QED) is 0.423. The lowest BCUT2D eigenvalue weighted by molar-refractivity contribution is 0.103. The molecule has 0 aliphatic rings. The van der Waals surface area contributed by atoms with E-state index >= 15 is 0 Å². The Morgan fingerprint density at radius 1 is 1.45 bits per heavy atom. The summed E-state index contributed by atoms with van der Waals surface area (Å²) in [5.74, 6) is -0.858. The third-order valence-electron chi connectivity index (χ3n) is 2.87. The highest BCUT2D eigenvalue weighted by atomic mass is 19.1. The Labute approximate surface area is 119 Å². The molecule has 1 aromatic rings. The lowest BCUT2D eigenvalue weighted by Gasteiger charge is -2.09. The molecule has 0 spiro atoms. The molecule has 0 fully saturated rings. The number of halogens is 1. The molecule has 20 heavy (non-hydrogen) atoms. The maximum atomic E-state index is 12.6. The highest BCUT2D eigenvalue weighted by Crippen LogP contribution is 2.18. The molecule has 0 unspecified atom stereocenters. The van der Waals surface area contributed by atoms with Crippen LogP contribution in [0.4, 0.5) is 4.39 Å². The first kappa shape index (κ1) is 16.0. The van der Waals surface area contributed by atoms with Crippen molar-refractivity contribution in [1.29, 1.82) is 0 Å². The first-order chi connectivity index (χ1) is 9.49. The first-order valence-electron chi connectivity index (χ1n) is 6.68. The molecule has 0 saturated carbocycles. The van der Waals surface area contributed by atoms with Crippen molar-refractivity contribution in [3.63, 3.8) is 0 Å². The van der Waals surface area contributed by atoms with Crippen LogP contribution in [0.5, 0.6) is 0 Å². The summed E-state index contributed by atoms with van der Waals surface area (Å²) in [4.78, 5) is 16.3. The first-order valence-corrected chi connectivity index (χ1v) is 6.68. The lowest BCUT2D eigenvalue weighted by atomic mass is 9.96. The van der Waals surface area contributed by atoms with E-state index in [4.69, 9.17) is 0 Å². The Balaban J connectivity index is 3.16. The van der Waals surface area contributed by atoms with Gasteiger partial charge in [0.25, 0.3) is 0 Å². The van der Waals surface area contributed by atoms with Gasteiger partial charge in [-0.1, -0.05) is 49.8 Å². The molecular weight excluding hydrogens is 253 g/mol. The number of carbonyl (C=O) groups is 1. The van der Waals surface area contributed by atoms with Crippen molar-refractivity contribution in [2.24, 2.45) is 4.99 Å². The fraction of sp³-hybridized carbons (Fsp3) is 0.294. The van der Waals surface area contributed by atoms with E-state index in [1.807, 2.05) is 25.1 Å². The molecule has 0 N–H and O–H groups in total. The third kappa shape index (κ3) is 4.26. The zero-order valence-corrected chi connectivity index (χ0v) is 12.2. The van der Waals surface area contributed by atoms with Gasteiger partial charge in [0.05, 0.1) is 6.21 Å². The van der Waals surface area contributed by atoms with Crippen molar-refractivity contribution < 1.29 is 9.18 Å². The van der Waals surface area contributed by atoms with Crippen LogP contribution < -0.4 is 0 Å². The number of rotatable bonds is 6. The summed E-state index contributed by atoms with van der Waals surface area (Å²) in [7, 11) is 0. The summed E-state index contributed by atoms with van der Waals surface area (Å²) in [6.07, 6.45) is 4.33. The third-order valence-corrected chi connectivity index (χ3v) is 2.87. The molecule has 0 bridgehead atoms. The van der Waals surface area contributed by atoms with Gasteiger partial charge in [0.1, 0.15) is 11.5 Å². The van der Waals surface area contributed by atoms with Crippen molar-refractivity contribution in [3.05, 3.63) is 59.1 Å². The van der Waals surface area contributed by atoms with Gasteiger partial charge in [0, 0.05) is 5.56 Å². The van der Waals surface area contributed by atoms with Gasteiger partial charge in [-0.25, -0.2) is 4.39 Å². The number of carbonyl (C=O) groups excluding carboxylic acids is 1. The number of ketones is 1. The Morgan fingerprint density at radius 2 is 2.15 bits per heavy atom. The summed E-state index contributed by atoms with van der Waals surface area (Å²) < 4.78 is 12.6. The summed E-state index contributed by atoms with van der Waals surface area (Å²) in [6.45, 7) is 8.87. The average molecular weight is 273 g/mol. The fourth-order valence-corrected chi connectivity index (χ4v) is 1.96. The summed E-state index contributed by atoms with van der Waals surface area (Å²) in [5, 5.41) is 0. The number of nitrogens with zero attached hydrogens (tertiary/aromatic N) is 1. The monoisotopic (exact) mass is 273 g/mol.